The van der Waals surface area contributed by atoms with Gasteiger partial charge in [0.05, 0.1) is 11.6 Å². The molecule has 2 nitrogen and oxygen atoms in total. The van der Waals surface area contributed by atoms with Crippen molar-refractivity contribution in [2.75, 3.05) is 0 Å². The molecule has 0 radical (unpaired) electrons. The lowest BCUT2D eigenvalue weighted by atomic mass is 10.0. The number of benzene rings is 1. The Kier molecular flexibility index (Phi) is 3.49. The Bertz CT molecular complexity index is 381. The monoisotopic (exact) mass is 202 g/mol. The molecule has 1 aromatic rings. The van der Waals surface area contributed by atoms with Gasteiger partial charge in [-0.15, -0.1) is 0 Å². The van der Waals surface area contributed by atoms with Gasteiger partial charge < -0.3 is 5.32 Å². The Morgan fingerprint density at radius 2 is 2.00 bits per heavy atom. The molecule has 0 amide bonds. The number of nitrogens with one attached hydrogen (secondary N) is 1. The average molecular weight is 202 g/mol. The van der Waals surface area contributed by atoms with Crippen LogP contribution < -0.4 is 5.32 Å². The van der Waals surface area contributed by atoms with E-state index in [2.05, 4.69) is 32.2 Å². The molecule has 0 aliphatic rings. The molecule has 0 bridgehead atoms. The highest BCUT2D eigenvalue weighted by Gasteiger charge is 2.09. The Morgan fingerprint density at radius 1 is 1.33 bits per heavy atom. The van der Waals surface area contributed by atoms with E-state index >= 15 is 0 Å². The zero-order valence-corrected chi connectivity index (χ0v) is 9.89. The van der Waals surface area contributed by atoms with E-state index in [1.165, 1.54) is 11.1 Å². The average Bonchev–Trinajstić information content (AvgIpc) is 2.14. The second-order valence-corrected chi connectivity index (χ2v) is 4.86. The van der Waals surface area contributed by atoms with Gasteiger partial charge in [0.1, 0.15) is 0 Å². The molecular weight excluding hydrogens is 184 g/mol. The van der Waals surface area contributed by atoms with Crippen molar-refractivity contribution in [1.29, 1.82) is 5.26 Å². The van der Waals surface area contributed by atoms with Crippen LogP contribution in [0.1, 0.15) is 37.5 Å². The van der Waals surface area contributed by atoms with Gasteiger partial charge in [-0.1, -0.05) is 6.07 Å². The molecule has 0 aliphatic carbocycles. The van der Waals surface area contributed by atoms with E-state index in [1.807, 2.05) is 25.1 Å². The lowest BCUT2D eigenvalue weighted by molar-refractivity contribution is 0.424. The van der Waals surface area contributed by atoms with Crippen LogP contribution in [0.2, 0.25) is 0 Å². The SMILES string of the molecule is Cc1cc(C#N)ccc1CNC(C)(C)C. The number of rotatable bonds is 2. The summed E-state index contributed by atoms with van der Waals surface area (Å²) >= 11 is 0. The Balaban J connectivity index is 2.76. The van der Waals surface area contributed by atoms with E-state index in [4.69, 9.17) is 5.26 Å². The van der Waals surface area contributed by atoms with Crippen LogP contribution >= 0.6 is 0 Å². The van der Waals surface area contributed by atoms with Gasteiger partial charge in [0.15, 0.2) is 0 Å². The summed E-state index contributed by atoms with van der Waals surface area (Å²) in [7, 11) is 0. The molecule has 2 heteroatoms. The van der Waals surface area contributed by atoms with Crippen LogP contribution in [0.25, 0.3) is 0 Å². The molecule has 0 aliphatic heterocycles. The summed E-state index contributed by atoms with van der Waals surface area (Å²) in [4.78, 5) is 0. The van der Waals surface area contributed by atoms with Crippen LogP contribution in [0, 0.1) is 18.3 Å². The predicted octanol–water partition coefficient (Wildman–Crippen LogP) is 2.75. The number of nitriles is 1. The maximum Gasteiger partial charge on any atom is 0.0991 e. The molecule has 0 saturated heterocycles. The quantitative estimate of drug-likeness (QED) is 0.800. The van der Waals surface area contributed by atoms with Crippen molar-refractivity contribution in [2.24, 2.45) is 0 Å². The van der Waals surface area contributed by atoms with Gasteiger partial charge in [-0.2, -0.15) is 5.26 Å². The first-order valence-corrected chi connectivity index (χ1v) is 5.17. The summed E-state index contributed by atoms with van der Waals surface area (Å²) in [5.74, 6) is 0. The fourth-order valence-corrected chi connectivity index (χ4v) is 1.32. The third-order valence-corrected chi connectivity index (χ3v) is 2.28. The van der Waals surface area contributed by atoms with Gasteiger partial charge >= 0.3 is 0 Å². The van der Waals surface area contributed by atoms with Gasteiger partial charge in [0.25, 0.3) is 0 Å². The van der Waals surface area contributed by atoms with E-state index in [1.54, 1.807) is 0 Å². The second-order valence-electron chi connectivity index (χ2n) is 4.86. The first-order valence-electron chi connectivity index (χ1n) is 5.17. The number of nitrogens with zero attached hydrogens (tertiary/aromatic N) is 1. The largest absolute Gasteiger partial charge is 0.308 e. The van der Waals surface area contributed by atoms with Gasteiger partial charge in [0, 0.05) is 12.1 Å². The zero-order chi connectivity index (χ0) is 11.5. The van der Waals surface area contributed by atoms with Gasteiger partial charge in [-0.05, 0) is 51.0 Å². The van der Waals surface area contributed by atoms with E-state index in [-0.39, 0.29) is 5.54 Å². The summed E-state index contributed by atoms with van der Waals surface area (Å²) in [5.41, 5.74) is 3.28. The topological polar surface area (TPSA) is 35.8 Å². The molecule has 80 valence electrons. The van der Waals surface area contributed by atoms with Gasteiger partial charge in [0.2, 0.25) is 0 Å². The molecule has 0 heterocycles. The zero-order valence-electron chi connectivity index (χ0n) is 9.89. The fourth-order valence-electron chi connectivity index (χ4n) is 1.32. The smallest absolute Gasteiger partial charge is 0.0991 e. The normalized spacial score (nSPS) is 11.1. The predicted molar refractivity (Wildman–Crippen MR) is 62.5 cm³/mol. The summed E-state index contributed by atoms with van der Waals surface area (Å²) in [6, 6.07) is 7.97. The van der Waals surface area contributed by atoms with Crippen molar-refractivity contribution >= 4 is 0 Å². The van der Waals surface area contributed by atoms with Gasteiger partial charge in [-0.3, -0.25) is 0 Å². The lowest BCUT2D eigenvalue weighted by Crippen LogP contribution is -2.35. The summed E-state index contributed by atoms with van der Waals surface area (Å²) in [6.45, 7) is 9.32. The second kappa shape index (κ2) is 4.46. The molecule has 0 fully saturated rings. The van der Waals surface area contributed by atoms with E-state index < -0.39 is 0 Å². The lowest BCUT2D eigenvalue weighted by Gasteiger charge is -2.21. The van der Waals surface area contributed by atoms with E-state index in [0.29, 0.717) is 0 Å². The van der Waals surface area contributed by atoms with E-state index in [9.17, 15) is 0 Å². The van der Waals surface area contributed by atoms with Crippen molar-refractivity contribution in [2.45, 2.75) is 39.8 Å². The molecular formula is C13H18N2. The highest BCUT2D eigenvalue weighted by atomic mass is 14.9. The van der Waals surface area contributed by atoms with Crippen LogP contribution in [0.4, 0.5) is 0 Å². The molecule has 0 unspecified atom stereocenters. The molecule has 15 heavy (non-hydrogen) atoms. The molecule has 0 atom stereocenters. The molecule has 0 saturated carbocycles. The maximum absolute atomic E-state index is 8.75. The highest BCUT2D eigenvalue weighted by molar-refractivity contribution is 5.37. The van der Waals surface area contributed by atoms with Crippen molar-refractivity contribution in [3.05, 3.63) is 34.9 Å². The molecule has 1 aromatic carbocycles. The summed E-state index contributed by atoms with van der Waals surface area (Å²) in [5, 5.41) is 12.2. The van der Waals surface area contributed by atoms with Crippen LogP contribution in [-0.4, -0.2) is 5.54 Å². The number of hydrogen-bond acceptors (Lipinski definition) is 2. The third kappa shape index (κ3) is 3.73. The standard InChI is InChI=1S/C13H18N2/c1-10-7-11(8-14)5-6-12(10)9-15-13(2,3)4/h5-7,15H,9H2,1-4H3. The minimum absolute atomic E-state index is 0.125. The number of hydrogen-bond donors (Lipinski definition) is 1. The van der Waals surface area contributed by atoms with Crippen LogP contribution in [0.15, 0.2) is 18.2 Å². The minimum Gasteiger partial charge on any atom is -0.308 e. The Morgan fingerprint density at radius 3 is 2.47 bits per heavy atom. The molecule has 0 aromatic heterocycles. The Hall–Kier alpha value is -1.33. The first kappa shape index (κ1) is 11.7. The molecule has 1 rings (SSSR count). The Labute approximate surface area is 91.9 Å². The van der Waals surface area contributed by atoms with Gasteiger partial charge in [-0.25, -0.2) is 0 Å². The summed E-state index contributed by atoms with van der Waals surface area (Å²) in [6.07, 6.45) is 0. The maximum atomic E-state index is 8.75. The number of aryl methyl sites for hydroxylation is 1. The molecule has 1 N–H and O–H groups in total. The van der Waals surface area contributed by atoms with Crippen molar-refractivity contribution in [3.8, 4) is 6.07 Å². The van der Waals surface area contributed by atoms with E-state index in [0.717, 1.165) is 12.1 Å². The fraction of sp³-hybridized carbons (Fsp3) is 0.462. The van der Waals surface area contributed by atoms with Crippen molar-refractivity contribution in [1.82, 2.24) is 5.32 Å². The third-order valence-electron chi connectivity index (χ3n) is 2.28. The van der Waals surface area contributed by atoms with Crippen LogP contribution in [-0.2, 0) is 6.54 Å². The van der Waals surface area contributed by atoms with Crippen molar-refractivity contribution < 1.29 is 0 Å². The van der Waals surface area contributed by atoms with Crippen LogP contribution in [0.3, 0.4) is 0 Å². The van der Waals surface area contributed by atoms with Crippen LogP contribution in [0.5, 0.6) is 0 Å². The molecule has 0 spiro atoms. The summed E-state index contributed by atoms with van der Waals surface area (Å²) < 4.78 is 0. The first-order chi connectivity index (χ1) is 6.92. The highest BCUT2D eigenvalue weighted by Crippen LogP contribution is 2.11. The minimum atomic E-state index is 0.125. The van der Waals surface area contributed by atoms with Crippen molar-refractivity contribution in [3.63, 3.8) is 0 Å².